The maximum atomic E-state index is 14.0. The molecule has 0 aliphatic heterocycles. The second-order valence-electron chi connectivity index (χ2n) is 12.2. The van der Waals surface area contributed by atoms with Gasteiger partial charge in [-0.3, -0.25) is 4.98 Å². The first-order valence-corrected chi connectivity index (χ1v) is 13.9. The average Bonchev–Trinajstić information content (AvgIpc) is 3.56. The number of aryl methyl sites for hydroxylation is 1. The predicted molar refractivity (Wildman–Crippen MR) is 156 cm³/mol. The summed E-state index contributed by atoms with van der Waals surface area (Å²) in [4.78, 5) is 8.54. The van der Waals surface area contributed by atoms with Gasteiger partial charge in [0.1, 0.15) is 11.8 Å². The maximum absolute atomic E-state index is 14.0. The molecule has 3 heterocycles. The van der Waals surface area contributed by atoms with Crippen LogP contribution in [0.3, 0.4) is 0 Å². The fraction of sp³-hybridized carbons (Fsp3) is 0.433. The average molecular weight is 561 g/mol. The van der Waals surface area contributed by atoms with E-state index in [1.807, 2.05) is 16.9 Å². The summed E-state index contributed by atoms with van der Waals surface area (Å²) >= 11 is 6.75. The Labute approximate surface area is 239 Å². The van der Waals surface area contributed by atoms with Gasteiger partial charge in [0.2, 0.25) is 5.95 Å². The minimum absolute atomic E-state index is 0.0130. The molecule has 2 N–H and O–H groups in total. The van der Waals surface area contributed by atoms with Crippen molar-refractivity contribution in [3.63, 3.8) is 0 Å². The summed E-state index contributed by atoms with van der Waals surface area (Å²) in [5.41, 5.74) is 4.38. The number of pyridine rings is 2. The molecule has 1 aromatic carbocycles. The van der Waals surface area contributed by atoms with Crippen LogP contribution in [-0.2, 0) is 5.54 Å². The lowest BCUT2D eigenvalue weighted by molar-refractivity contribution is 0.313. The second-order valence-corrected chi connectivity index (χ2v) is 12.6. The van der Waals surface area contributed by atoms with E-state index in [2.05, 4.69) is 71.6 Å². The highest BCUT2D eigenvalue weighted by Crippen LogP contribution is 2.49. The molecule has 0 unspecified atom stereocenters. The molecule has 0 saturated heterocycles. The van der Waals surface area contributed by atoms with Gasteiger partial charge in [0.05, 0.1) is 39.6 Å². The molecule has 1 atom stereocenters. The van der Waals surface area contributed by atoms with E-state index in [1.54, 1.807) is 25.3 Å². The Hall–Kier alpha value is -3.77. The Morgan fingerprint density at radius 2 is 1.98 bits per heavy atom. The number of fused-ring (bicyclic) bond motifs is 1. The molecule has 1 aliphatic rings. The van der Waals surface area contributed by atoms with Crippen LogP contribution in [0.1, 0.15) is 76.0 Å². The zero-order valence-corrected chi connectivity index (χ0v) is 24.4. The van der Waals surface area contributed by atoms with Crippen LogP contribution in [0.25, 0.3) is 10.9 Å². The first kappa shape index (κ1) is 27.8. The van der Waals surface area contributed by atoms with Gasteiger partial charge < -0.3 is 10.6 Å². The lowest BCUT2D eigenvalue weighted by Crippen LogP contribution is -2.24. The molecule has 208 valence electrons. The van der Waals surface area contributed by atoms with E-state index < -0.39 is 12.0 Å². The monoisotopic (exact) mass is 560 g/mol. The van der Waals surface area contributed by atoms with Gasteiger partial charge in [0.25, 0.3) is 0 Å². The van der Waals surface area contributed by atoms with Crippen molar-refractivity contribution in [1.29, 1.82) is 5.26 Å². The predicted octanol–water partition coefficient (Wildman–Crippen LogP) is 7.00. The largest absolute Gasteiger partial charge is 0.383 e. The van der Waals surface area contributed by atoms with Gasteiger partial charge in [0, 0.05) is 35.1 Å². The highest BCUT2D eigenvalue weighted by atomic mass is 35.5. The number of rotatable bonds is 8. The van der Waals surface area contributed by atoms with Crippen LogP contribution in [0.2, 0.25) is 5.02 Å². The van der Waals surface area contributed by atoms with E-state index >= 15 is 0 Å². The molecule has 0 amide bonds. The standard InChI is InChI=1S/C30H34ClFN8/c1-17(2)30(9-10-30)40-15-24(38-39-40)28(21-7-8-25(32)36-18(21)3)37-20-11-22-26(35-16-29(4,5)6)19(13-33)14-34-27(22)23(31)12-20/h7-8,11-12,14-15,17,28,37H,9-10,16H2,1-6H3,(H,34,35)/t28-/m0/s1. The van der Waals surface area contributed by atoms with Gasteiger partial charge in [-0.05, 0) is 49.3 Å². The number of hydrogen-bond acceptors (Lipinski definition) is 7. The summed E-state index contributed by atoms with van der Waals surface area (Å²) in [6, 6.07) is 8.57. The molecule has 0 spiro atoms. The van der Waals surface area contributed by atoms with Crippen molar-refractivity contribution in [2.75, 3.05) is 17.2 Å². The molecule has 1 saturated carbocycles. The molecule has 0 bridgehead atoms. The Kier molecular flexibility index (Phi) is 7.17. The van der Waals surface area contributed by atoms with E-state index in [9.17, 15) is 9.65 Å². The van der Waals surface area contributed by atoms with E-state index in [0.717, 1.165) is 23.8 Å². The number of halogens is 2. The van der Waals surface area contributed by atoms with Crippen LogP contribution in [0.5, 0.6) is 0 Å². The number of hydrogen-bond donors (Lipinski definition) is 2. The van der Waals surface area contributed by atoms with Gasteiger partial charge in [-0.1, -0.05) is 57.5 Å². The third-order valence-corrected chi connectivity index (χ3v) is 7.94. The second kappa shape index (κ2) is 10.3. The molecule has 8 nitrogen and oxygen atoms in total. The summed E-state index contributed by atoms with van der Waals surface area (Å²) in [7, 11) is 0. The Bertz CT molecular complexity index is 1610. The quantitative estimate of drug-likeness (QED) is 0.223. The molecule has 40 heavy (non-hydrogen) atoms. The summed E-state index contributed by atoms with van der Waals surface area (Å²) in [6.45, 7) is 13.2. The Morgan fingerprint density at radius 1 is 1.23 bits per heavy atom. The smallest absolute Gasteiger partial charge is 0.213 e. The normalized spacial score (nSPS) is 15.2. The van der Waals surface area contributed by atoms with Gasteiger partial charge in [-0.2, -0.15) is 9.65 Å². The molecular weight excluding hydrogens is 527 g/mol. The fourth-order valence-electron chi connectivity index (χ4n) is 5.12. The number of anilines is 2. The number of aromatic nitrogens is 5. The first-order chi connectivity index (χ1) is 18.9. The lowest BCUT2D eigenvalue weighted by Gasteiger charge is -2.23. The van der Waals surface area contributed by atoms with Crippen molar-refractivity contribution in [2.45, 2.75) is 66.0 Å². The molecular formula is C30H34ClFN8. The minimum Gasteiger partial charge on any atom is -0.383 e. The van der Waals surface area contributed by atoms with Crippen molar-refractivity contribution in [2.24, 2.45) is 11.3 Å². The molecule has 1 aliphatic carbocycles. The van der Waals surface area contributed by atoms with Crippen molar-refractivity contribution in [3.05, 3.63) is 70.1 Å². The molecule has 1 fully saturated rings. The fourth-order valence-corrected chi connectivity index (χ4v) is 5.39. The topological polar surface area (TPSA) is 104 Å². The van der Waals surface area contributed by atoms with Crippen LogP contribution in [0, 0.1) is 35.5 Å². The highest BCUT2D eigenvalue weighted by molar-refractivity contribution is 6.35. The van der Waals surface area contributed by atoms with Gasteiger partial charge in [-0.25, -0.2) is 9.67 Å². The zero-order chi connectivity index (χ0) is 28.8. The molecule has 10 heteroatoms. The van der Waals surface area contributed by atoms with Crippen LogP contribution in [-0.4, -0.2) is 31.5 Å². The van der Waals surface area contributed by atoms with Crippen molar-refractivity contribution in [1.82, 2.24) is 25.0 Å². The lowest BCUT2D eigenvalue weighted by atomic mass is 9.96. The number of benzene rings is 1. The van der Waals surface area contributed by atoms with Gasteiger partial charge in [-0.15, -0.1) is 5.10 Å². The molecule has 0 radical (unpaired) electrons. The van der Waals surface area contributed by atoms with E-state index in [0.29, 0.717) is 51.3 Å². The van der Waals surface area contributed by atoms with E-state index in [-0.39, 0.29) is 11.0 Å². The zero-order valence-electron chi connectivity index (χ0n) is 23.7. The van der Waals surface area contributed by atoms with Crippen molar-refractivity contribution < 1.29 is 4.39 Å². The summed E-state index contributed by atoms with van der Waals surface area (Å²) in [5, 5.41) is 27.1. The van der Waals surface area contributed by atoms with Gasteiger partial charge >= 0.3 is 0 Å². The summed E-state index contributed by atoms with van der Waals surface area (Å²) < 4.78 is 15.9. The third-order valence-electron chi connectivity index (χ3n) is 7.66. The van der Waals surface area contributed by atoms with E-state index in [1.165, 1.54) is 6.07 Å². The van der Waals surface area contributed by atoms with Crippen LogP contribution < -0.4 is 10.6 Å². The first-order valence-electron chi connectivity index (χ1n) is 13.5. The van der Waals surface area contributed by atoms with Crippen LogP contribution in [0.15, 0.2) is 36.7 Å². The molecule has 3 aromatic heterocycles. The third kappa shape index (κ3) is 5.33. The van der Waals surface area contributed by atoms with Crippen molar-refractivity contribution in [3.8, 4) is 6.07 Å². The summed E-state index contributed by atoms with van der Waals surface area (Å²) in [6.07, 6.45) is 5.63. The SMILES string of the molecule is Cc1nc(F)ccc1[C@H](Nc1cc(Cl)c2ncc(C#N)c(NCC(C)(C)C)c2c1)c1cn(C2(C(C)C)CC2)nn1. The summed E-state index contributed by atoms with van der Waals surface area (Å²) in [5.74, 6) is -0.123. The number of nitrogens with zero attached hydrogens (tertiary/aromatic N) is 6. The molecule has 4 aromatic rings. The number of nitrogens with one attached hydrogen (secondary N) is 2. The maximum Gasteiger partial charge on any atom is 0.213 e. The van der Waals surface area contributed by atoms with Crippen LogP contribution >= 0.6 is 11.6 Å². The highest BCUT2D eigenvalue weighted by Gasteiger charge is 2.48. The van der Waals surface area contributed by atoms with E-state index in [4.69, 9.17) is 11.6 Å². The van der Waals surface area contributed by atoms with Gasteiger partial charge in [0.15, 0.2) is 0 Å². The number of nitriles is 1. The minimum atomic E-state index is -0.543. The van der Waals surface area contributed by atoms with Crippen molar-refractivity contribution >= 4 is 33.9 Å². The van der Waals surface area contributed by atoms with Crippen LogP contribution in [0.4, 0.5) is 15.8 Å². The Balaban J connectivity index is 1.60. The Morgan fingerprint density at radius 3 is 2.60 bits per heavy atom. The molecule has 5 rings (SSSR count).